The number of aromatic nitrogens is 3. The molecule has 12 heteroatoms. The maximum absolute atomic E-state index is 16.6. The molecule has 2 aliphatic heterocycles. The zero-order valence-electron chi connectivity index (χ0n) is 32.1. The van der Waals surface area contributed by atoms with Gasteiger partial charge in [0.15, 0.2) is 0 Å². The van der Waals surface area contributed by atoms with E-state index in [9.17, 15) is 4.79 Å². The van der Waals surface area contributed by atoms with Gasteiger partial charge in [-0.1, -0.05) is 39.5 Å². The summed E-state index contributed by atoms with van der Waals surface area (Å²) in [6.07, 6.45) is 1.96. The number of amides is 1. The first-order valence-electron chi connectivity index (χ1n) is 18.4. The van der Waals surface area contributed by atoms with Gasteiger partial charge in [0.05, 0.1) is 57.3 Å². The number of carbonyl (C=O) groups is 1. The topological polar surface area (TPSA) is 93.6 Å². The molecule has 9 nitrogen and oxygen atoms in total. The van der Waals surface area contributed by atoms with Crippen LogP contribution in [0.1, 0.15) is 83.6 Å². The van der Waals surface area contributed by atoms with Crippen LogP contribution in [0.2, 0.25) is 0 Å². The molecule has 2 N–H and O–H groups in total. The number of imidazole rings is 1. The van der Waals surface area contributed by atoms with Gasteiger partial charge in [-0.2, -0.15) is 0 Å². The average molecular weight is 738 g/mol. The smallest absolute Gasteiger partial charge is 0.464 e. The van der Waals surface area contributed by atoms with Crippen LogP contribution < -0.4 is 15.5 Å². The maximum atomic E-state index is 16.6. The van der Waals surface area contributed by atoms with Gasteiger partial charge in [-0.25, -0.2) is 9.37 Å². The standard InChI is InChI=1S/C41H49BFN5O4S/c1-11-16-47(38(49)37(44-10)24(4)5)22-35-45-21-29(46-35)25-18-28(43)36-31-19-26-17-27(42-51-40(6,7)41(8,9)52-42)12-13-30(26)48(31)39(50-32(36)20-25)34-15-14-33(53-34)23(2)3/h12-15,17-21,24,37,39,44H,2,11,16,22H2,1,3-10H3,(H,45,46). The second-order valence-electron chi connectivity index (χ2n) is 15.6. The zero-order valence-corrected chi connectivity index (χ0v) is 32.9. The molecule has 7 rings (SSSR count). The van der Waals surface area contributed by atoms with Gasteiger partial charge in [-0.05, 0) is 101 Å². The highest BCUT2D eigenvalue weighted by Gasteiger charge is 2.51. The number of H-pyrrole nitrogens is 1. The van der Waals surface area contributed by atoms with E-state index in [0.717, 1.165) is 43.8 Å². The second kappa shape index (κ2) is 13.9. The van der Waals surface area contributed by atoms with E-state index in [1.807, 2.05) is 91.6 Å². The molecule has 5 heterocycles. The molecule has 3 aromatic heterocycles. The summed E-state index contributed by atoms with van der Waals surface area (Å²) in [5, 5.41) is 4.08. The van der Waals surface area contributed by atoms with Gasteiger partial charge < -0.3 is 29.2 Å². The molecule has 53 heavy (non-hydrogen) atoms. The lowest BCUT2D eigenvalue weighted by atomic mass is 9.78. The predicted octanol–water partition coefficient (Wildman–Crippen LogP) is 8.15. The predicted molar refractivity (Wildman–Crippen MR) is 212 cm³/mol. The number of aromatic amines is 1. The molecule has 0 spiro atoms. The Labute approximate surface area is 315 Å². The lowest BCUT2D eigenvalue weighted by molar-refractivity contribution is -0.135. The molecule has 2 unspecified atom stereocenters. The van der Waals surface area contributed by atoms with Crippen LogP contribution in [-0.4, -0.2) is 63.3 Å². The van der Waals surface area contributed by atoms with E-state index in [-0.39, 0.29) is 17.9 Å². The highest BCUT2D eigenvalue weighted by Crippen LogP contribution is 2.48. The number of hydrogen-bond donors (Lipinski definition) is 2. The van der Waals surface area contributed by atoms with Crippen LogP contribution in [-0.2, 0) is 20.6 Å². The first-order valence-corrected chi connectivity index (χ1v) is 19.2. The minimum atomic E-state index is -0.544. The molecule has 2 atom stereocenters. The number of benzene rings is 2. The molecular formula is C41H49BFN5O4S. The Balaban J connectivity index is 1.27. The van der Waals surface area contributed by atoms with Crippen LogP contribution in [0, 0.1) is 11.7 Å². The van der Waals surface area contributed by atoms with Crippen molar-refractivity contribution in [2.24, 2.45) is 5.92 Å². The van der Waals surface area contributed by atoms with Crippen molar-refractivity contribution < 1.29 is 23.2 Å². The Bertz CT molecular complexity index is 2190. The number of allylic oxidation sites excluding steroid dienone is 1. The van der Waals surface area contributed by atoms with Crippen LogP contribution in [0.3, 0.4) is 0 Å². The molecule has 0 radical (unpaired) electrons. The number of thiophene rings is 1. The Kier molecular flexibility index (Phi) is 9.72. The number of carbonyl (C=O) groups excluding carboxylic acids is 1. The number of nitrogens with one attached hydrogen (secondary N) is 2. The van der Waals surface area contributed by atoms with Crippen molar-refractivity contribution in [1.29, 1.82) is 0 Å². The fourth-order valence-electron chi connectivity index (χ4n) is 7.22. The van der Waals surface area contributed by atoms with Crippen LogP contribution in [0.15, 0.2) is 61.3 Å². The van der Waals surface area contributed by atoms with Crippen LogP contribution in [0.25, 0.3) is 39.0 Å². The summed E-state index contributed by atoms with van der Waals surface area (Å²) in [7, 11) is 1.28. The summed E-state index contributed by atoms with van der Waals surface area (Å²) in [4.78, 5) is 25.2. The quantitative estimate of drug-likeness (QED) is 0.133. The molecule has 1 saturated heterocycles. The van der Waals surface area contributed by atoms with Crippen LogP contribution >= 0.6 is 11.3 Å². The highest BCUT2D eigenvalue weighted by atomic mass is 32.1. The summed E-state index contributed by atoms with van der Waals surface area (Å²) in [6.45, 7) is 21.3. The van der Waals surface area contributed by atoms with Crippen molar-refractivity contribution in [2.75, 3.05) is 13.6 Å². The lowest BCUT2D eigenvalue weighted by Crippen LogP contribution is -2.48. The zero-order chi connectivity index (χ0) is 38.0. The molecule has 0 bridgehead atoms. The van der Waals surface area contributed by atoms with E-state index < -0.39 is 30.4 Å². The van der Waals surface area contributed by atoms with Crippen molar-refractivity contribution in [2.45, 2.75) is 91.8 Å². The van der Waals surface area contributed by atoms with Crippen molar-refractivity contribution in [3.63, 3.8) is 0 Å². The number of likely N-dealkylation sites (N-methyl/N-ethyl adjacent to an activating group) is 1. The van der Waals surface area contributed by atoms with E-state index >= 15 is 4.39 Å². The van der Waals surface area contributed by atoms with Gasteiger partial charge in [0.25, 0.3) is 0 Å². The number of rotatable bonds is 11. The Morgan fingerprint density at radius 3 is 2.51 bits per heavy atom. The molecule has 0 saturated carbocycles. The number of nitrogens with zero attached hydrogens (tertiary/aromatic N) is 3. The van der Waals surface area contributed by atoms with Crippen molar-refractivity contribution in [1.82, 2.24) is 24.8 Å². The third-order valence-electron chi connectivity index (χ3n) is 10.8. The van der Waals surface area contributed by atoms with E-state index in [2.05, 4.69) is 44.6 Å². The van der Waals surface area contributed by atoms with Gasteiger partial charge in [-0.3, -0.25) is 9.36 Å². The Hall–Kier alpha value is -4.23. The molecule has 1 amide bonds. The van der Waals surface area contributed by atoms with Gasteiger partial charge in [0.2, 0.25) is 12.1 Å². The monoisotopic (exact) mass is 737 g/mol. The van der Waals surface area contributed by atoms with Crippen LogP contribution in [0.4, 0.5) is 4.39 Å². The first-order chi connectivity index (χ1) is 25.1. The van der Waals surface area contributed by atoms with Gasteiger partial charge >= 0.3 is 7.12 Å². The molecule has 2 aromatic carbocycles. The molecule has 0 aliphatic carbocycles. The number of ether oxygens (including phenoxy) is 1. The number of fused-ring (bicyclic) bond motifs is 5. The number of hydrogen-bond acceptors (Lipinski definition) is 7. The summed E-state index contributed by atoms with van der Waals surface area (Å²) in [6, 6.07) is 15.4. The molecule has 2 aliphatic rings. The fourth-order valence-corrected chi connectivity index (χ4v) is 8.18. The minimum absolute atomic E-state index is 0.0310. The number of halogens is 1. The largest absolute Gasteiger partial charge is 0.494 e. The van der Waals surface area contributed by atoms with E-state index in [4.69, 9.17) is 14.0 Å². The lowest BCUT2D eigenvalue weighted by Gasteiger charge is -2.32. The minimum Gasteiger partial charge on any atom is -0.464 e. The van der Waals surface area contributed by atoms with E-state index in [0.29, 0.717) is 41.5 Å². The normalized spacial score (nSPS) is 17.9. The molecule has 5 aromatic rings. The SMILES string of the molecule is C=C(C)c1ccc(C2Oc3cc(-c4cnc(CN(CCC)C(=O)C(NC)C(C)C)[nH]4)cc(F)c3-c3cc4cc(B5OC(C)(C)C(C)(C)O5)ccc4n32)s1. The summed E-state index contributed by atoms with van der Waals surface area (Å²) in [5.74, 6) is 0.820. The fraction of sp³-hybridized carbons (Fsp3) is 0.415. The summed E-state index contributed by atoms with van der Waals surface area (Å²) >= 11 is 1.61. The van der Waals surface area contributed by atoms with Gasteiger partial charge in [-0.15, -0.1) is 11.3 Å². The van der Waals surface area contributed by atoms with E-state index in [1.165, 1.54) is 6.07 Å². The Morgan fingerprint density at radius 2 is 1.87 bits per heavy atom. The van der Waals surface area contributed by atoms with Crippen LogP contribution in [0.5, 0.6) is 5.75 Å². The summed E-state index contributed by atoms with van der Waals surface area (Å²) < 4.78 is 38.1. The maximum Gasteiger partial charge on any atom is 0.494 e. The van der Waals surface area contributed by atoms with Crippen molar-refractivity contribution in [3.8, 4) is 28.3 Å². The second-order valence-corrected chi connectivity index (χ2v) is 16.7. The first kappa shape index (κ1) is 37.1. The average Bonchev–Trinajstić information content (AvgIpc) is 3.89. The van der Waals surface area contributed by atoms with E-state index in [1.54, 1.807) is 17.5 Å². The van der Waals surface area contributed by atoms with Crippen molar-refractivity contribution >= 4 is 46.3 Å². The highest BCUT2D eigenvalue weighted by molar-refractivity contribution is 7.13. The third kappa shape index (κ3) is 6.64. The Morgan fingerprint density at radius 1 is 1.13 bits per heavy atom. The van der Waals surface area contributed by atoms with Crippen molar-refractivity contribution in [3.05, 3.63) is 82.7 Å². The molecular weight excluding hydrogens is 688 g/mol. The molecule has 1 fully saturated rings. The van der Waals surface area contributed by atoms with Gasteiger partial charge in [0.1, 0.15) is 17.4 Å². The van der Waals surface area contributed by atoms with Gasteiger partial charge in [0, 0.05) is 22.4 Å². The third-order valence-corrected chi connectivity index (χ3v) is 12.1. The molecule has 278 valence electrons. The summed E-state index contributed by atoms with van der Waals surface area (Å²) in [5.41, 5.74) is 4.17.